The van der Waals surface area contributed by atoms with Crippen molar-refractivity contribution in [2.24, 2.45) is 0 Å². The van der Waals surface area contributed by atoms with Crippen LogP contribution in [0.4, 0.5) is 0 Å². The summed E-state index contributed by atoms with van der Waals surface area (Å²) in [6, 6.07) is 41.1. The summed E-state index contributed by atoms with van der Waals surface area (Å²) in [6.45, 7) is 2.63. The van der Waals surface area contributed by atoms with E-state index in [0.717, 1.165) is 16.7 Å². The van der Waals surface area contributed by atoms with Crippen LogP contribution in [0.25, 0.3) is 0 Å². The summed E-state index contributed by atoms with van der Waals surface area (Å²) in [5, 5.41) is 3.59. The van der Waals surface area contributed by atoms with Gasteiger partial charge in [0, 0.05) is 13.0 Å². The van der Waals surface area contributed by atoms with Gasteiger partial charge < -0.3 is 18.9 Å². The van der Waals surface area contributed by atoms with Gasteiger partial charge in [-0.15, -0.1) is 0 Å². The molecule has 39 heavy (non-hydrogen) atoms. The second-order valence-electron chi connectivity index (χ2n) is 9.86. The van der Waals surface area contributed by atoms with Crippen LogP contribution in [0.2, 0.25) is 0 Å². The van der Waals surface area contributed by atoms with Crippen LogP contribution in [-0.2, 0) is 45.3 Å². The minimum atomic E-state index is -0.291. The van der Waals surface area contributed by atoms with Gasteiger partial charge in [-0.05, 0) is 22.3 Å². The quantitative estimate of drug-likeness (QED) is 0.224. The van der Waals surface area contributed by atoms with Gasteiger partial charge in [0.05, 0.1) is 32.5 Å². The van der Waals surface area contributed by atoms with E-state index in [1.165, 1.54) is 5.56 Å². The van der Waals surface area contributed by atoms with E-state index in [4.69, 9.17) is 18.9 Å². The Morgan fingerprint density at radius 2 is 1.08 bits per heavy atom. The average molecular weight is 524 g/mol. The van der Waals surface area contributed by atoms with Gasteiger partial charge in [-0.2, -0.15) is 0 Å². The lowest BCUT2D eigenvalue weighted by Gasteiger charge is -2.42. The number of nitrogens with one attached hydrogen (secondary N) is 1. The molecule has 5 nitrogen and oxygen atoms in total. The van der Waals surface area contributed by atoms with E-state index in [-0.39, 0.29) is 24.5 Å². The molecule has 4 aromatic rings. The predicted molar refractivity (Wildman–Crippen MR) is 153 cm³/mol. The molecule has 202 valence electrons. The Morgan fingerprint density at radius 1 is 0.590 bits per heavy atom. The van der Waals surface area contributed by atoms with E-state index in [0.29, 0.717) is 39.4 Å². The van der Waals surface area contributed by atoms with Crippen molar-refractivity contribution in [1.82, 2.24) is 5.32 Å². The summed E-state index contributed by atoms with van der Waals surface area (Å²) in [5.41, 5.74) is 4.59. The molecule has 1 saturated heterocycles. The van der Waals surface area contributed by atoms with Crippen LogP contribution in [-0.4, -0.2) is 31.1 Å². The molecule has 0 saturated carbocycles. The monoisotopic (exact) mass is 523 g/mol. The number of benzene rings is 4. The topological polar surface area (TPSA) is 49.0 Å². The lowest BCUT2D eigenvalue weighted by molar-refractivity contribution is -0.226. The van der Waals surface area contributed by atoms with Crippen molar-refractivity contribution in [3.8, 4) is 0 Å². The zero-order chi connectivity index (χ0) is 26.5. The van der Waals surface area contributed by atoms with Gasteiger partial charge in [-0.1, -0.05) is 121 Å². The van der Waals surface area contributed by atoms with E-state index >= 15 is 0 Å². The fraction of sp³-hybridized carbons (Fsp3) is 0.294. The van der Waals surface area contributed by atoms with E-state index in [2.05, 4.69) is 66.0 Å². The Morgan fingerprint density at radius 3 is 1.64 bits per heavy atom. The van der Waals surface area contributed by atoms with Crippen LogP contribution >= 0.6 is 0 Å². The summed E-state index contributed by atoms with van der Waals surface area (Å²) in [4.78, 5) is 0. The van der Waals surface area contributed by atoms with E-state index in [1.807, 2.05) is 60.7 Å². The maximum Gasteiger partial charge on any atom is 0.113 e. The van der Waals surface area contributed by atoms with Gasteiger partial charge in [0.15, 0.2) is 0 Å². The lowest BCUT2D eigenvalue weighted by atomic mass is 9.99. The van der Waals surface area contributed by atoms with Gasteiger partial charge in [0.2, 0.25) is 0 Å². The molecule has 5 heteroatoms. The number of ether oxygens (including phenoxy) is 4. The molecule has 0 spiro atoms. The Labute approximate surface area is 231 Å². The Kier molecular flexibility index (Phi) is 10.3. The number of hydrogen-bond acceptors (Lipinski definition) is 5. The van der Waals surface area contributed by atoms with E-state index in [9.17, 15) is 0 Å². The standard InChI is InChI=1S/C34H37NO4/c1-5-13-27(14-6-1)22-35-33-21-31(37-24-29-17-9-3-10-18-29)34(38-25-30-19-11-4-12-20-30)32(39-33)26-36-23-28-15-7-2-8-16-28/h1-20,31-35H,21-26H2/t31-,32-,33-,34+/m1/s1. The van der Waals surface area contributed by atoms with Crippen LogP contribution in [0, 0.1) is 0 Å². The molecule has 0 aromatic heterocycles. The maximum atomic E-state index is 6.59. The first-order valence-corrected chi connectivity index (χ1v) is 13.7. The third-order valence-corrected chi connectivity index (χ3v) is 6.88. The largest absolute Gasteiger partial charge is 0.374 e. The zero-order valence-corrected chi connectivity index (χ0v) is 22.2. The molecule has 1 N–H and O–H groups in total. The first-order chi connectivity index (χ1) is 19.3. The molecular weight excluding hydrogens is 486 g/mol. The first kappa shape index (κ1) is 27.3. The van der Waals surface area contributed by atoms with Crippen LogP contribution < -0.4 is 5.32 Å². The van der Waals surface area contributed by atoms with Crippen molar-refractivity contribution in [3.05, 3.63) is 144 Å². The van der Waals surface area contributed by atoms with Crippen LogP contribution in [0.3, 0.4) is 0 Å². The van der Waals surface area contributed by atoms with Gasteiger partial charge in [0.25, 0.3) is 0 Å². The smallest absolute Gasteiger partial charge is 0.113 e. The zero-order valence-electron chi connectivity index (χ0n) is 22.2. The maximum absolute atomic E-state index is 6.59. The van der Waals surface area contributed by atoms with Crippen molar-refractivity contribution >= 4 is 0 Å². The molecule has 0 radical (unpaired) electrons. The summed E-state index contributed by atoms with van der Waals surface area (Å²) < 4.78 is 25.8. The fourth-order valence-electron chi connectivity index (χ4n) is 4.81. The minimum Gasteiger partial charge on any atom is -0.374 e. The molecule has 5 rings (SSSR count). The highest BCUT2D eigenvalue weighted by Gasteiger charge is 2.40. The molecule has 1 aliphatic rings. The third kappa shape index (κ3) is 8.59. The van der Waals surface area contributed by atoms with Gasteiger partial charge in [-0.3, -0.25) is 5.32 Å². The highest BCUT2D eigenvalue weighted by molar-refractivity contribution is 5.16. The van der Waals surface area contributed by atoms with Gasteiger partial charge >= 0.3 is 0 Å². The molecule has 0 unspecified atom stereocenters. The summed E-state index contributed by atoms with van der Waals surface area (Å²) in [5.74, 6) is 0. The average Bonchev–Trinajstić information content (AvgIpc) is 3.00. The molecular formula is C34H37NO4. The lowest BCUT2D eigenvalue weighted by Crippen LogP contribution is -2.55. The fourth-order valence-corrected chi connectivity index (χ4v) is 4.81. The SMILES string of the molecule is c1ccc(CN[C@H]2C[C@@H](OCc3ccccc3)[C@H](OCc3ccccc3)[C@@H](COCc3ccccc3)O2)cc1. The molecule has 0 bridgehead atoms. The molecule has 1 heterocycles. The Bertz CT molecular complexity index is 1210. The van der Waals surface area contributed by atoms with Gasteiger partial charge in [-0.25, -0.2) is 0 Å². The number of hydrogen-bond donors (Lipinski definition) is 1. The van der Waals surface area contributed by atoms with Crippen LogP contribution in [0.15, 0.2) is 121 Å². The van der Waals surface area contributed by atoms with Gasteiger partial charge in [0.1, 0.15) is 18.4 Å². The Balaban J connectivity index is 1.30. The molecule has 1 aliphatic heterocycles. The summed E-state index contributed by atoms with van der Waals surface area (Å²) in [7, 11) is 0. The normalized spacial score (nSPS) is 21.0. The highest BCUT2D eigenvalue weighted by Crippen LogP contribution is 2.27. The molecule has 4 aromatic carbocycles. The van der Waals surface area contributed by atoms with E-state index < -0.39 is 0 Å². The first-order valence-electron chi connectivity index (χ1n) is 13.7. The Hall–Kier alpha value is -3.32. The summed E-state index contributed by atoms with van der Waals surface area (Å²) >= 11 is 0. The molecule has 4 atom stereocenters. The van der Waals surface area contributed by atoms with E-state index in [1.54, 1.807) is 0 Å². The number of rotatable bonds is 13. The van der Waals surface area contributed by atoms with Crippen molar-refractivity contribution in [1.29, 1.82) is 0 Å². The third-order valence-electron chi connectivity index (χ3n) is 6.88. The van der Waals surface area contributed by atoms with Crippen molar-refractivity contribution < 1.29 is 18.9 Å². The van der Waals surface area contributed by atoms with Crippen molar-refractivity contribution in [2.75, 3.05) is 6.61 Å². The molecule has 0 amide bonds. The predicted octanol–water partition coefficient (Wildman–Crippen LogP) is 6.28. The summed E-state index contributed by atoms with van der Waals surface area (Å²) in [6.07, 6.45) is -0.247. The van der Waals surface area contributed by atoms with Crippen molar-refractivity contribution in [3.63, 3.8) is 0 Å². The molecule has 0 aliphatic carbocycles. The van der Waals surface area contributed by atoms with Crippen molar-refractivity contribution in [2.45, 2.75) is 57.3 Å². The highest BCUT2D eigenvalue weighted by atomic mass is 16.6. The second kappa shape index (κ2) is 14.7. The molecule has 1 fully saturated rings. The van der Waals surface area contributed by atoms with Crippen LogP contribution in [0.1, 0.15) is 28.7 Å². The van der Waals surface area contributed by atoms with Crippen LogP contribution in [0.5, 0.6) is 0 Å². The second-order valence-corrected chi connectivity index (χ2v) is 9.86. The minimum absolute atomic E-state index is 0.165.